The predicted molar refractivity (Wildman–Crippen MR) is 85.9 cm³/mol. The molecule has 23 heavy (non-hydrogen) atoms. The number of hydrogen-bond donors (Lipinski definition) is 1. The molecule has 1 aliphatic rings. The van der Waals surface area contributed by atoms with Gasteiger partial charge in [-0.05, 0) is 42.5 Å². The van der Waals surface area contributed by atoms with Crippen molar-refractivity contribution in [2.45, 2.75) is 25.7 Å². The zero-order valence-corrected chi connectivity index (χ0v) is 13.3. The number of esters is 1. The van der Waals surface area contributed by atoms with E-state index in [0.29, 0.717) is 6.54 Å². The summed E-state index contributed by atoms with van der Waals surface area (Å²) in [6.45, 7) is 0.465. The number of ether oxygens (including phenoxy) is 1. The van der Waals surface area contributed by atoms with Crippen molar-refractivity contribution in [3.05, 3.63) is 41.7 Å². The highest BCUT2D eigenvalue weighted by Gasteiger charge is 2.31. The second-order valence-corrected chi connectivity index (χ2v) is 5.80. The first-order chi connectivity index (χ1) is 11.1. The summed E-state index contributed by atoms with van der Waals surface area (Å²) >= 11 is 0. The van der Waals surface area contributed by atoms with Gasteiger partial charge in [0, 0.05) is 12.6 Å². The quantitative estimate of drug-likeness (QED) is 0.670. The van der Waals surface area contributed by atoms with Gasteiger partial charge in [-0.15, -0.1) is 0 Å². The van der Waals surface area contributed by atoms with Crippen molar-refractivity contribution < 1.29 is 18.7 Å². The van der Waals surface area contributed by atoms with Crippen molar-refractivity contribution in [1.29, 1.82) is 0 Å². The topological polar surface area (TPSA) is 55.4 Å². The van der Waals surface area contributed by atoms with Gasteiger partial charge in [-0.1, -0.05) is 25.0 Å². The smallest absolute Gasteiger partial charge is 0.309 e. The lowest BCUT2D eigenvalue weighted by atomic mass is 9.79. The molecule has 0 saturated heterocycles. The second kappa shape index (κ2) is 8.46. The SMILES string of the molecule is COC(=O)C1CCCCC1CNC(=O)/C=C/c1ccc(F)cc1. The number of nitrogens with one attached hydrogen (secondary N) is 1. The Morgan fingerprint density at radius 3 is 2.65 bits per heavy atom. The van der Waals surface area contributed by atoms with Gasteiger partial charge in [0.05, 0.1) is 13.0 Å². The van der Waals surface area contributed by atoms with Crippen LogP contribution < -0.4 is 5.32 Å². The number of amides is 1. The highest BCUT2D eigenvalue weighted by atomic mass is 19.1. The van der Waals surface area contributed by atoms with E-state index in [4.69, 9.17) is 4.74 Å². The normalized spacial score (nSPS) is 21.1. The predicted octanol–water partition coefficient (Wildman–Crippen LogP) is 2.93. The van der Waals surface area contributed by atoms with Gasteiger partial charge in [0.1, 0.15) is 5.82 Å². The van der Waals surface area contributed by atoms with Gasteiger partial charge in [0.25, 0.3) is 0 Å². The fourth-order valence-electron chi connectivity index (χ4n) is 2.95. The van der Waals surface area contributed by atoms with Gasteiger partial charge >= 0.3 is 5.97 Å². The monoisotopic (exact) mass is 319 g/mol. The van der Waals surface area contributed by atoms with Gasteiger partial charge in [-0.3, -0.25) is 9.59 Å². The first-order valence-electron chi connectivity index (χ1n) is 7.89. The van der Waals surface area contributed by atoms with E-state index in [2.05, 4.69) is 5.32 Å². The number of rotatable bonds is 5. The van der Waals surface area contributed by atoms with Crippen LogP contribution in [0.3, 0.4) is 0 Å². The minimum Gasteiger partial charge on any atom is -0.469 e. The van der Waals surface area contributed by atoms with Crippen LogP contribution in [0.2, 0.25) is 0 Å². The molecule has 0 aromatic heterocycles. The van der Waals surface area contributed by atoms with E-state index < -0.39 is 0 Å². The summed E-state index contributed by atoms with van der Waals surface area (Å²) in [6.07, 6.45) is 6.88. The molecule has 2 atom stereocenters. The lowest BCUT2D eigenvalue weighted by Gasteiger charge is -2.29. The molecule has 2 unspecified atom stereocenters. The van der Waals surface area contributed by atoms with E-state index in [1.165, 1.54) is 25.3 Å². The average molecular weight is 319 g/mol. The maximum atomic E-state index is 12.8. The standard InChI is InChI=1S/C18H22FNO3/c1-23-18(22)16-5-3-2-4-14(16)12-20-17(21)11-8-13-6-9-15(19)10-7-13/h6-11,14,16H,2-5,12H2,1H3,(H,20,21)/b11-8+. The van der Waals surface area contributed by atoms with Crippen LogP contribution in [-0.2, 0) is 14.3 Å². The van der Waals surface area contributed by atoms with Crippen LogP contribution in [0.5, 0.6) is 0 Å². The van der Waals surface area contributed by atoms with Crippen LogP contribution in [0.4, 0.5) is 4.39 Å². The van der Waals surface area contributed by atoms with E-state index in [9.17, 15) is 14.0 Å². The van der Waals surface area contributed by atoms with E-state index in [1.807, 2.05) is 0 Å². The van der Waals surface area contributed by atoms with Gasteiger partial charge in [-0.25, -0.2) is 4.39 Å². The van der Waals surface area contributed by atoms with Crippen molar-refractivity contribution in [2.75, 3.05) is 13.7 Å². The minimum absolute atomic E-state index is 0.124. The maximum absolute atomic E-state index is 12.8. The summed E-state index contributed by atoms with van der Waals surface area (Å²) in [5, 5.41) is 2.84. The number of carbonyl (C=O) groups is 2. The van der Waals surface area contributed by atoms with E-state index in [0.717, 1.165) is 31.2 Å². The van der Waals surface area contributed by atoms with Crippen molar-refractivity contribution in [3.8, 4) is 0 Å². The third kappa shape index (κ3) is 5.20. The fourth-order valence-corrected chi connectivity index (χ4v) is 2.95. The Morgan fingerprint density at radius 2 is 1.96 bits per heavy atom. The third-order valence-corrected chi connectivity index (χ3v) is 4.25. The molecule has 2 rings (SSSR count). The largest absolute Gasteiger partial charge is 0.469 e. The molecule has 0 spiro atoms. The molecular weight excluding hydrogens is 297 g/mol. The fraction of sp³-hybridized carbons (Fsp3) is 0.444. The number of hydrogen-bond acceptors (Lipinski definition) is 3. The minimum atomic E-state index is -0.308. The Bertz CT molecular complexity index is 568. The average Bonchev–Trinajstić information content (AvgIpc) is 2.59. The number of halogens is 1. The molecule has 0 radical (unpaired) electrons. The molecule has 1 aromatic rings. The van der Waals surface area contributed by atoms with Crippen LogP contribution in [-0.4, -0.2) is 25.5 Å². The number of methoxy groups -OCH3 is 1. The zero-order valence-electron chi connectivity index (χ0n) is 13.3. The van der Waals surface area contributed by atoms with Crippen molar-refractivity contribution >= 4 is 18.0 Å². The first-order valence-corrected chi connectivity index (χ1v) is 7.89. The zero-order chi connectivity index (χ0) is 16.7. The Hall–Kier alpha value is -2.17. The van der Waals surface area contributed by atoms with Crippen LogP contribution in [0.1, 0.15) is 31.2 Å². The van der Waals surface area contributed by atoms with Gasteiger partial charge in [0.2, 0.25) is 5.91 Å². The van der Waals surface area contributed by atoms with Gasteiger partial charge in [0.15, 0.2) is 0 Å². The Labute approximate surface area is 135 Å². The Morgan fingerprint density at radius 1 is 1.26 bits per heavy atom. The summed E-state index contributed by atoms with van der Waals surface area (Å²) in [5.74, 6) is -0.721. The van der Waals surface area contributed by atoms with Crippen LogP contribution in [0.25, 0.3) is 6.08 Å². The molecule has 0 heterocycles. The van der Waals surface area contributed by atoms with Crippen molar-refractivity contribution in [3.63, 3.8) is 0 Å². The van der Waals surface area contributed by atoms with Crippen molar-refractivity contribution in [2.24, 2.45) is 11.8 Å². The highest BCUT2D eigenvalue weighted by Crippen LogP contribution is 2.30. The number of carbonyl (C=O) groups excluding carboxylic acids is 2. The second-order valence-electron chi connectivity index (χ2n) is 5.80. The maximum Gasteiger partial charge on any atom is 0.309 e. The molecule has 1 N–H and O–H groups in total. The van der Waals surface area contributed by atoms with E-state index in [1.54, 1.807) is 18.2 Å². The summed E-state index contributed by atoms with van der Waals surface area (Å²) in [7, 11) is 1.40. The summed E-state index contributed by atoms with van der Waals surface area (Å²) in [6, 6.07) is 5.90. The third-order valence-electron chi connectivity index (χ3n) is 4.25. The first kappa shape index (κ1) is 17.2. The summed E-state index contributed by atoms with van der Waals surface area (Å²) in [4.78, 5) is 23.7. The van der Waals surface area contributed by atoms with Crippen molar-refractivity contribution in [1.82, 2.24) is 5.32 Å². The molecule has 4 nitrogen and oxygen atoms in total. The molecule has 1 amide bonds. The lowest BCUT2D eigenvalue weighted by molar-refractivity contribution is -0.148. The molecule has 1 aromatic carbocycles. The molecule has 1 saturated carbocycles. The number of benzene rings is 1. The molecule has 1 aliphatic carbocycles. The summed E-state index contributed by atoms with van der Waals surface area (Å²) < 4.78 is 17.6. The lowest BCUT2D eigenvalue weighted by Crippen LogP contribution is -2.37. The molecule has 5 heteroatoms. The van der Waals surface area contributed by atoms with Crippen LogP contribution >= 0.6 is 0 Å². The molecule has 0 bridgehead atoms. The van der Waals surface area contributed by atoms with Gasteiger partial charge < -0.3 is 10.1 Å². The van der Waals surface area contributed by atoms with E-state index >= 15 is 0 Å². The Kier molecular flexibility index (Phi) is 6.32. The van der Waals surface area contributed by atoms with Gasteiger partial charge in [-0.2, -0.15) is 0 Å². The molecular formula is C18H22FNO3. The highest BCUT2D eigenvalue weighted by molar-refractivity contribution is 5.91. The Balaban J connectivity index is 1.85. The molecule has 0 aliphatic heterocycles. The molecule has 124 valence electrons. The van der Waals surface area contributed by atoms with E-state index in [-0.39, 0.29) is 29.5 Å². The molecule has 1 fully saturated rings. The summed E-state index contributed by atoms with van der Waals surface area (Å²) in [5.41, 5.74) is 0.756. The van der Waals surface area contributed by atoms with Crippen LogP contribution in [0, 0.1) is 17.7 Å². The van der Waals surface area contributed by atoms with Crippen LogP contribution in [0.15, 0.2) is 30.3 Å².